The zero-order valence-corrected chi connectivity index (χ0v) is 15.0. The van der Waals surface area contributed by atoms with Gasteiger partial charge in [-0.1, -0.05) is 24.3 Å². The van der Waals surface area contributed by atoms with E-state index in [0.717, 1.165) is 29.8 Å². The van der Waals surface area contributed by atoms with Crippen molar-refractivity contribution in [2.75, 3.05) is 11.4 Å². The topological polar surface area (TPSA) is 86.7 Å². The number of amides is 2. The van der Waals surface area contributed by atoms with Gasteiger partial charge in [-0.05, 0) is 48.2 Å². The number of carbonyl (C=O) groups excluding carboxylic acids is 2. The van der Waals surface area contributed by atoms with E-state index in [-0.39, 0.29) is 17.4 Å². The molecular weight excluding hydrogens is 344 g/mol. The molecule has 140 valence electrons. The van der Waals surface area contributed by atoms with Gasteiger partial charge < -0.3 is 15.3 Å². The van der Waals surface area contributed by atoms with E-state index in [1.54, 1.807) is 29.2 Å². The van der Waals surface area contributed by atoms with E-state index in [0.29, 0.717) is 25.8 Å². The molecule has 0 spiro atoms. The highest BCUT2D eigenvalue weighted by Gasteiger charge is 2.21. The quantitative estimate of drug-likeness (QED) is 0.789. The number of aryl methyl sites for hydroxylation is 1. The molecule has 0 aromatic heterocycles. The van der Waals surface area contributed by atoms with Crippen LogP contribution >= 0.6 is 0 Å². The Bertz CT molecular complexity index is 828. The van der Waals surface area contributed by atoms with Gasteiger partial charge in [0.25, 0.3) is 0 Å². The van der Waals surface area contributed by atoms with Crippen LogP contribution in [0.15, 0.2) is 48.5 Å². The van der Waals surface area contributed by atoms with Gasteiger partial charge in [-0.2, -0.15) is 0 Å². The number of carboxylic acids is 1. The molecule has 1 aliphatic heterocycles. The molecule has 0 aliphatic carbocycles. The van der Waals surface area contributed by atoms with Crippen LogP contribution in [-0.2, 0) is 22.6 Å². The van der Waals surface area contributed by atoms with E-state index in [1.807, 2.05) is 24.3 Å². The molecule has 1 fully saturated rings. The normalized spacial score (nSPS) is 13.6. The molecule has 1 aliphatic rings. The van der Waals surface area contributed by atoms with Crippen molar-refractivity contribution in [1.29, 1.82) is 0 Å². The molecule has 6 nitrogen and oxygen atoms in total. The Labute approximate surface area is 157 Å². The Morgan fingerprint density at radius 2 is 1.67 bits per heavy atom. The van der Waals surface area contributed by atoms with E-state index in [4.69, 9.17) is 5.11 Å². The van der Waals surface area contributed by atoms with Gasteiger partial charge in [0.2, 0.25) is 11.8 Å². The summed E-state index contributed by atoms with van der Waals surface area (Å²) < 4.78 is 0. The highest BCUT2D eigenvalue weighted by molar-refractivity contribution is 5.95. The molecule has 3 rings (SSSR count). The molecule has 1 heterocycles. The average Bonchev–Trinajstić information content (AvgIpc) is 3.11. The van der Waals surface area contributed by atoms with Gasteiger partial charge in [0.15, 0.2) is 0 Å². The lowest BCUT2D eigenvalue weighted by atomic mass is 10.1. The molecule has 0 bridgehead atoms. The standard InChI is InChI=1S/C21H22N2O4/c24-19(12-7-15-3-8-17(9-4-15)21(26)27)22-14-16-5-10-18(11-6-16)23-13-1-2-20(23)25/h3-6,8-11H,1-2,7,12-14H2,(H,22,24)(H,26,27). The number of benzene rings is 2. The molecule has 0 radical (unpaired) electrons. The van der Waals surface area contributed by atoms with Crippen molar-refractivity contribution in [3.8, 4) is 0 Å². The predicted octanol–water partition coefficient (Wildman–Crippen LogP) is 2.76. The molecule has 2 N–H and O–H groups in total. The summed E-state index contributed by atoms with van der Waals surface area (Å²) in [4.78, 5) is 36.4. The van der Waals surface area contributed by atoms with Crippen LogP contribution in [0, 0.1) is 0 Å². The first kappa shape index (κ1) is 18.6. The maximum Gasteiger partial charge on any atom is 0.335 e. The lowest BCUT2D eigenvalue weighted by Gasteiger charge is -2.16. The summed E-state index contributed by atoms with van der Waals surface area (Å²) in [5, 5.41) is 11.8. The summed E-state index contributed by atoms with van der Waals surface area (Å²) in [5.74, 6) is -0.858. The fourth-order valence-corrected chi connectivity index (χ4v) is 3.08. The number of carboxylic acid groups (broad SMARTS) is 1. The number of anilines is 1. The number of rotatable bonds is 7. The first-order chi connectivity index (χ1) is 13.0. The largest absolute Gasteiger partial charge is 0.478 e. The second-order valence-corrected chi connectivity index (χ2v) is 6.59. The molecule has 2 aromatic rings. The Hall–Kier alpha value is -3.15. The maximum atomic E-state index is 12.0. The minimum Gasteiger partial charge on any atom is -0.478 e. The van der Waals surface area contributed by atoms with Crippen molar-refractivity contribution in [2.45, 2.75) is 32.2 Å². The van der Waals surface area contributed by atoms with Crippen LogP contribution in [0.2, 0.25) is 0 Å². The first-order valence-corrected chi connectivity index (χ1v) is 9.01. The number of hydrogen-bond donors (Lipinski definition) is 2. The summed E-state index contributed by atoms with van der Waals surface area (Å²) in [5.41, 5.74) is 3.04. The fraction of sp³-hybridized carbons (Fsp3) is 0.286. The second kappa shape index (κ2) is 8.49. The predicted molar refractivity (Wildman–Crippen MR) is 102 cm³/mol. The van der Waals surface area contributed by atoms with Crippen LogP contribution in [-0.4, -0.2) is 29.4 Å². The minimum atomic E-state index is -0.959. The van der Waals surface area contributed by atoms with Crippen molar-refractivity contribution in [3.05, 3.63) is 65.2 Å². The van der Waals surface area contributed by atoms with Gasteiger partial charge >= 0.3 is 5.97 Å². The van der Waals surface area contributed by atoms with Crippen LogP contribution in [0.1, 0.15) is 40.7 Å². The summed E-state index contributed by atoms with van der Waals surface area (Å²) in [6.07, 6.45) is 2.40. The fourth-order valence-electron chi connectivity index (χ4n) is 3.08. The summed E-state index contributed by atoms with van der Waals surface area (Å²) in [6.45, 7) is 1.20. The molecule has 1 saturated heterocycles. The Morgan fingerprint density at radius 1 is 1.00 bits per heavy atom. The summed E-state index contributed by atoms with van der Waals surface area (Å²) in [6, 6.07) is 14.2. The molecule has 0 saturated carbocycles. The number of carbonyl (C=O) groups is 3. The Kier molecular flexibility index (Phi) is 5.86. The maximum absolute atomic E-state index is 12.0. The van der Waals surface area contributed by atoms with Gasteiger partial charge in [-0.3, -0.25) is 9.59 Å². The zero-order chi connectivity index (χ0) is 19.2. The van der Waals surface area contributed by atoms with Crippen LogP contribution in [0.5, 0.6) is 0 Å². The summed E-state index contributed by atoms with van der Waals surface area (Å²) >= 11 is 0. The van der Waals surface area contributed by atoms with Gasteiger partial charge in [0, 0.05) is 31.6 Å². The molecular formula is C21H22N2O4. The highest BCUT2D eigenvalue weighted by atomic mass is 16.4. The summed E-state index contributed by atoms with van der Waals surface area (Å²) in [7, 11) is 0. The monoisotopic (exact) mass is 366 g/mol. The van der Waals surface area contributed by atoms with Crippen LogP contribution in [0.25, 0.3) is 0 Å². The average molecular weight is 366 g/mol. The molecule has 27 heavy (non-hydrogen) atoms. The SMILES string of the molecule is O=C(CCc1ccc(C(=O)O)cc1)NCc1ccc(N2CCCC2=O)cc1. The Morgan fingerprint density at radius 3 is 2.26 bits per heavy atom. The minimum absolute atomic E-state index is 0.0592. The molecule has 6 heteroatoms. The number of nitrogens with one attached hydrogen (secondary N) is 1. The van der Waals surface area contributed by atoms with Gasteiger partial charge in [-0.15, -0.1) is 0 Å². The first-order valence-electron chi connectivity index (χ1n) is 9.01. The number of nitrogens with zero attached hydrogens (tertiary/aromatic N) is 1. The second-order valence-electron chi connectivity index (χ2n) is 6.59. The molecule has 0 atom stereocenters. The van der Waals surface area contributed by atoms with Crippen molar-refractivity contribution < 1.29 is 19.5 Å². The zero-order valence-electron chi connectivity index (χ0n) is 15.0. The van der Waals surface area contributed by atoms with E-state index in [2.05, 4.69) is 5.32 Å². The molecule has 2 amide bonds. The lowest BCUT2D eigenvalue weighted by molar-refractivity contribution is -0.121. The van der Waals surface area contributed by atoms with Crippen molar-refractivity contribution in [3.63, 3.8) is 0 Å². The smallest absolute Gasteiger partial charge is 0.335 e. The third kappa shape index (κ3) is 4.94. The van der Waals surface area contributed by atoms with Gasteiger partial charge in [0.05, 0.1) is 5.56 Å². The Balaban J connectivity index is 1.44. The van der Waals surface area contributed by atoms with E-state index in [9.17, 15) is 14.4 Å². The van der Waals surface area contributed by atoms with E-state index < -0.39 is 5.97 Å². The lowest BCUT2D eigenvalue weighted by Crippen LogP contribution is -2.24. The van der Waals surface area contributed by atoms with Gasteiger partial charge in [0.1, 0.15) is 0 Å². The van der Waals surface area contributed by atoms with Crippen molar-refractivity contribution in [2.24, 2.45) is 0 Å². The molecule has 0 unspecified atom stereocenters. The highest BCUT2D eigenvalue weighted by Crippen LogP contribution is 2.21. The van der Waals surface area contributed by atoms with E-state index >= 15 is 0 Å². The van der Waals surface area contributed by atoms with E-state index in [1.165, 1.54) is 0 Å². The van der Waals surface area contributed by atoms with Crippen molar-refractivity contribution >= 4 is 23.5 Å². The number of aromatic carboxylic acids is 1. The van der Waals surface area contributed by atoms with Crippen LogP contribution in [0.4, 0.5) is 5.69 Å². The third-order valence-corrected chi connectivity index (χ3v) is 4.65. The molecule has 2 aromatic carbocycles. The number of hydrogen-bond acceptors (Lipinski definition) is 3. The van der Waals surface area contributed by atoms with Gasteiger partial charge in [-0.25, -0.2) is 4.79 Å². The van der Waals surface area contributed by atoms with Crippen LogP contribution in [0.3, 0.4) is 0 Å². The third-order valence-electron chi connectivity index (χ3n) is 4.65. The van der Waals surface area contributed by atoms with Crippen LogP contribution < -0.4 is 10.2 Å². The van der Waals surface area contributed by atoms with Crippen molar-refractivity contribution in [1.82, 2.24) is 5.32 Å².